The quantitative estimate of drug-likeness (QED) is 0.800. The Kier molecular flexibility index (Phi) is 6.72. The van der Waals surface area contributed by atoms with Crippen molar-refractivity contribution in [2.24, 2.45) is 0 Å². The number of rotatable bonds is 8. The van der Waals surface area contributed by atoms with Crippen LogP contribution in [-0.4, -0.2) is 41.6 Å². The number of aromatic carboxylic acids is 1. The van der Waals surface area contributed by atoms with Crippen molar-refractivity contribution >= 4 is 11.9 Å². The molecule has 0 aliphatic carbocycles. The van der Waals surface area contributed by atoms with Crippen molar-refractivity contribution in [1.82, 2.24) is 4.90 Å². The zero-order valence-electron chi connectivity index (χ0n) is 12.9. The number of ether oxygens (including phenoxy) is 1. The van der Waals surface area contributed by atoms with Crippen LogP contribution in [0.25, 0.3) is 0 Å². The summed E-state index contributed by atoms with van der Waals surface area (Å²) in [5, 5.41) is 8.98. The molecule has 0 unspecified atom stereocenters. The molecule has 0 fully saturated rings. The monoisotopic (exact) mass is 293 g/mol. The second kappa shape index (κ2) is 8.29. The van der Waals surface area contributed by atoms with Gasteiger partial charge in [0.1, 0.15) is 5.75 Å². The van der Waals surface area contributed by atoms with Gasteiger partial charge < -0.3 is 14.7 Å². The smallest absolute Gasteiger partial charge is 0.335 e. The summed E-state index contributed by atoms with van der Waals surface area (Å²) in [7, 11) is 0. The Balaban J connectivity index is 2.71. The summed E-state index contributed by atoms with van der Waals surface area (Å²) in [4.78, 5) is 24.8. The van der Waals surface area contributed by atoms with Crippen LogP contribution >= 0.6 is 0 Å². The van der Waals surface area contributed by atoms with Crippen LogP contribution in [0, 0.1) is 6.92 Å². The topological polar surface area (TPSA) is 66.8 Å². The Labute approximate surface area is 125 Å². The Morgan fingerprint density at radius 1 is 1.19 bits per heavy atom. The van der Waals surface area contributed by atoms with Crippen molar-refractivity contribution in [2.45, 2.75) is 33.6 Å². The van der Waals surface area contributed by atoms with E-state index >= 15 is 0 Å². The van der Waals surface area contributed by atoms with Gasteiger partial charge >= 0.3 is 5.97 Å². The van der Waals surface area contributed by atoms with Crippen molar-refractivity contribution in [3.63, 3.8) is 0 Å². The van der Waals surface area contributed by atoms with Crippen LogP contribution in [-0.2, 0) is 4.79 Å². The van der Waals surface area contributed by atoms with Gasteiger partial charge in [0.2, 0.25) is 0 Å². The highest BCUT2D eigenvalue weighted by Gasteiger charge is 2.14. The van der Waals surface area contributed by atoms with Crippen LogP contribution in [0.1, 0.15) is 42.6 Å². The summed E-state index contributed by atoms with van der Waals surface area (Å²) in [5.41, 5.74) is 0.965. The van der Waals surface area contributed by atoms with Crippen LogP contribution in [0.4, 0.5) is 0 Å². The number of carboxylic acid groups (broad SMARTS) is 1. The summed E-state index contributed by atoms with van der Waals surface area (Å²) in [6.07, 6.45) is 1.80. The lowest BCUT2D eigenvalue weighted by atomic mass is 10.1. The minimum Gasteiger partial charge on any atom is -0.483 e. The van der Waals surface area contributed by atoms with E-state index in [1.807, 2.05) is 20.8 Å². The zero-order chi connectivity index (χ0) is 15.8. The third kappa shape index (κ3) is 5.10. The van der Waals surface area contributed by atoms with Crippen molar-refractivity contribution in [2.75, 3.05) is 19.7 Å². The van der Waals surface area contributed by atoms with E-state index in [9.17, 15) is 9.59 Å². The van der Waals surface area contributed by atoms with Gasteiger partial charge in [0.15, 0.2) is 6.61 Å². The molecule has 1 aromatic rings. The maximum atomic E-state index is 12.1. The fourth-order valence-corrected chi connectivity index (χ4v) is 2.02. The molecule has 1 amide bonds. The normalized spacial score (nSPS) is 10.2. The largest absolute Gasteiger partial charge is 0.483 e. The van der Waals surface area contributed by atoms with Crippen LogP contribution in [0.3, 0.4) is 0 Å². The van der Waals surface area contributed by atoms with E-state index in [0.717, 1.165) is 18.4 Å². The van der Waals surface area contributed by atoms with Gasteiger partial charge in [-0.2, -0.15) is 0 Å². The fourth-order valence-electron chi connectivity index (χ4n) is 2.02. The number of hydrogen-bond donors (Lipinski definition) is 1. The van der Waals surface area contributed by atoms with Gasteiger partial charge in [-0.25, -0.2) is 4.79 Å². The predicted molar refractivity (Wildman–Crippen MR) is 80.8 cm³/mol. The lowest BCUT2D eigenvalue weighted by molar-refractivity contribution is -0.133. The number of amides is 1. The van der Waals surface area contributed by atoms with Gasteiger partial charge in [0.25, 0.3) is 5.91 Å². The molecule has 1 rings (SSSR count). The first-order valence-electron chi connectivity index (χ1n) is 7.24. The SMILES string of the molecule is CCCN(CCC)C(=O)COc1cc(C(=O)O)ccc1C. The molecule has 0 radical (unpaired) electrons. The van der Waals surface area contributed by atoms with E-state index in [1.165, 1.54) is 12.1 Å². The molecule has 0 saturated carbocycles. The van der Waals surface area contributed by atoms with Crippen molar-refractivity contribution in [3.8, 4) is 5.75 Å². The Morgan fingerprint density at radius 2 is 1.81 bits per heavy atom. The lowest BCUT2D eigenvalue weighted by Crippen LogP contribution is -2.36. The number of benzene rings is 1. The van der Waals surface area contributed by atoms with Crippen LogP contribution in [0.5, 0.6) is 5.75 Å². The standard InChI is InChI=1S/C16H23NO4/c1-4-8-17(9-5-2)15(18)11-21-14-10-13(16(19)20)7-6-12(14)3/h6-7,10H,4-5,8-9,11H2,1-3H3,(H,19,20). The average Bonchev–Trinajstić information content (AvgIpc) is 2.45. The minimum atomic E-state index is -1.01. The number of carbonyl (C=O) groups excluding carboxylic acids is 1. The van der Waals surface area contributed by atoms with Gasteiger partial charge in [-0.05, 0) is 37.5 Å². The molecule has 0 saturated heterocycles. The molecule has 0 aliphatic rings. The van der Waals surface area contributed by atoms with Crippen LogP contribution in [0.15, 0.2) is 18.2 Å². The number of nitrogens with zero attached hydrogens (tertiary/aromatic N) is 1. The maximum absolute atomic E-state index is 12.1. The molecule has 0 heterocycles. The molecule has 0 bridgehead atoms. The van der Waals surface area contributed by atoms with Crippen LogP contribution in [0.2, 0.25) is 0 Å². The molecular formula is C16H23NO4. The van der Waals surface area contributed by atoms with E-state index in [4.69, 9.17) is 9.84 Å². The third-order valence-electron chi connectivity index (χ3n) is 3.13. The Morgan fingerprint density at radius 3 is 2.33 bits per heavy atom. The van der Waals surface area contributed by atoms with Crippen LogP contribution < -0.4 is 4.74 Å². The second-order valence-corrected chi connectivity index (χ2v) is 4.95. The molecule has 0 atom stereocenters. The molecule has 0 aromatic heterocycles. The second-order valence-electron chi connectivity index (χ2n) is 4.95. The third-order valence-corrected chi connectivity index (χ3v) is 3.13. The summed E-state index contributed by atoms with van der Waals surface area (Å²) in [6, 6.07) is 4.65. The lowest BCUT2D eigenvalue weighted by Gasteiger charge is -2.21. The highest BCUT2D eigenvalue weighted by Crippen LogP contribution is 2.19. The highest BCUT2D eigenvalue weighted by molar-refractivity contribution is 5.88. The molecule has 21 heavy (non-hydrogen) atoms. The molecule has 1 N–H and O–H groups in total. The molecule has 5 nitrogen and oxygen atoms in total. The van der Waals surface area contributed by atoms with Gasteiger partial charge in [0.05, 0.1) is 5.56 Å². The number of aryl methyl sites for hydroxylation is 1. The molecule has 0 spiro atoms. The minimum absolute atomic E-state index is 0.0656. The van der Waals surface area contributed by atoms with Crippen molar-refractivity contribution in [1.29, 1.82) is 0 Å². The molecule has 1 aromatic carbocycles. The van der Waals surface area contributed by atoms with E-state index in [-0.39, 0.29) is 18.1 Å². The molecule has 116 valence electrons. The van der Waals surface area contributed by atoms with Gasteiger partial charge in [0, 0.05) is 13.1 Å². The Bertz CT molecular complexity index is 493. The average molecular weight is 293 g/mol. The van der Waals surface area contributed by atoms with E-state index < -0.39 is 5.97 Å². The summed E-state index contributed by atoms with van der Waals surface area (Å²) < 4.78 is 5.51. The number of carbonyl (C=O) groups is 2. The highest BCUT2D eigenvalue weighted by atomic mass is 16.5. The van der Waals surface area contributed by atoms with E-state index in [1.54, 1.807) is 11.0 Å². The molecule has 0 aliphatic heterocycles. The van der Waals surface area contributed by atoms with Gasteiger partial charge in [-0.3, -0.25) is 4.79 Å². The molecular weight excluding hydrogens is 270 g/mol. The summed E-state index contributed by atoms with van der Waals surface area (Å²) in [6.45, 7) is 7.23. The number of hydrogen-bond acceptors (Lipinski definition) is 3. The van der Waals surface area contributed by atoms with E-state index in [2.05, 4.69) is 0 Å². The molecule has 5 heteroatoms. The first-order chi connectivity index (χ1) is 9.99. The van der Waals surface area contributed by atoms with Crippen molar-refractivity contribution < 1.29 is 19.4 Å². The van der Waals surface area contributed by atoms with Gasteiger partial charge in [-0.15, -0.1) is 0 Å². The first-order valence-corrected chi connectivity index (χ1v) is 7.24. The van der Waals surface area contributed by atoms with E-state index in [0.29, 0.717) is 18.8 Å². The maximum Gasteiger partial charge on any atom is 0.335 e. The first kappa shape index (κ1) is 17.0. The van der Waals surface area contributed by atoms with Gasteiger partial charge in [-0.1, -0.05) is 19.9 Å². The zero-order valence-corrected chi connectivity index (χ0v) is 12.9. The number of carboxylic acids is 1. The fraction of sp³-hybridized carbons (Fsp3) is 0.500. The predicted octanol–water partition coefficient (Wildman–Crippen LogP) is 2.72. The Hall–Kier alpha value is -2.04. The summed E-state index contributed by atoms with van der Waals surface area (Å²) in [5.74, 6) is -0.639. The summed E-state index contributed by atoms with van der Waals surface area (Å²) >= 11 is 0. The van der Waals surface area contributed by atoms with Crippen molar-refractivity contribution in [3.05, 3.63) is 29.3 Å².